The minimum Gasteiger partial charge on any atom is -0.493 e. The number of para-hydroxylation sites is 1. The quantitative estimate of drug-likeness (QED) is 0.802. The Balaban J connectivity index is 1.37. The van der Waals surface area contributed by atoms with Gasteiger partial charge in [0.2, 0.25) is 5.91 Å². The zero-order chi connectivity index (χ0) is 15.9. The van der Waals surface area contributed by atoms with Crippen molar-refractivity contribution < 1.29 is 9.53 Å². The maximum atomic E-state index is 12.3. The first-order valence-electron chi connectivity index (χ1n) is 8.29. The number of likely N-dealkylation sites (tertiary alicyclic amines) is 1. The number of thiophene rings is 1. The van der Waals surface area contributed by atoms with Gasteiger partial charge in [0.25, 0.3) is 0 Å². The lowest BCUT2D eigenvalue weighted by atomic mass is 9.97. The van der Waals surface area contributed by atoms with Gasteiger partial charge in [0.05, 0.1) is 6.61 Å². The van der Waals surface area contributed by atoms with E-state index in [1.165, 1.54) is 4.88 Å². The van der Waals surface area contributed by atoms with E-state index >= 15 is 0 Å². The van der Waals surface area contributed by atoms with Crippen LogP contribution in [0.15, 0.2) is 47.8 Å². The van der Waals surface area contributed by atoms with E-state index in [2.05, 4.69) is 11.4 Å². The lowest BCUT2D eigenvalue weighted by molar-refractivity contribution is -0.132. The topological polar surface area (TPSA) is 29.5 Å². The van der Waals surface area contributed by atoms with Gasteiger partial charge in [-0.2, -0.15) is 0 Å². The molecule has 0 N–H and O–H groups in total. The van der Waals surface area contributed by atoms with Crippen LogP contribution in [0.1, 0.15) is 24.1 Å². The number of amides is 1. The molecule has 0 bridgehead atoms. The summed E-state index contributed by atoms with van der Waals surface area (Å²) in [5, 5.41) is 2.07. The fourth-order valence-electron chi connectivity index (χ4n) is 2.92. The first-order valence-corrected chi connectivity index (χ1v) is 9.17. The molecular formula is C19H23NO2S. The minimum absolute atomic E-state index is 0.292. The third-order valence-corrected chi connectivity index (χ3v) is 5.30. The zero-order valence-corrected chi connectivity index (χ0v) is 14.1. The second kappa shape index (κ2) is 8.16. The normalized spacial score (nSPS) is 15.6. The predicted molar refractivity (Wildman–Crippen MR) is 93.9 cm³/mol. The molecule has 2 aromatic rings. The molecule has 0 saturated carbocycles. The van der Waals surface area contributed by atoms with Crippen molar-refractivity contribution in [2.24, 2.45) is 5.92 Å². The van der Waals surface area contributed by atoms with Gasteiger partial charge in [-0.05, 0) is 48.8 Å². The lowest BCUT2D eigenvalue weighted by Gasteiger charge is -2.32. The Kier molecular flexibility index (Phi) is 5.70. The number of rotatable bonds is 6. The molecule has 3 rings (SSSR count). The Hall–Kier alpha value is -1.81. The van der Waals surface area contributed by atoms with Gasteiger partial charge in [-0.25, -0.2) is 0 Å². The molecule has 1 aromatic heterocycles. The van der Waals surface area contributed by atoms with Crippen molar-refractivity contribution in [1.82, 2.24) is 4.90 Å². The van der Waals surface area contributed by atoms with E-state index in [0.717, 1.165) is 44.7 Å². The number of aryl methyl sites for hydroxylation is 1. The van der Waals surface area contributed by atoms with Crippen molar-refractivity contribution in [2.75, 3.05) is 19.7 Å². The van der Waals surface area contributed by atoms with Gasteiger partial charge >= 0.3 is 0 Å². The number of piperidine rings is 1. The number of nitrogens with zero attached hydrogens (tertiary/aromatic N) is 1. The monoisotopic (exact) mass is 329 g/mol. The van der Waals surface area contributed by atoms with Gasteiger partial charge in [0.15, 0.2) is 0 Å². The van der Waals surface area contributed by atoms with Crippen LogP contribution in [0.2, 0.25) is 0 Å². The molecule has 1 saturated heterocycles. The summed E-state index contributed by atoms with van der Waals surface area (Å²) in [5.74, 6) is 1.78. The third-order valence-electron chi connectivity index (χ3n) is 4.36. The number of benzene rings is 1. The first-order chi connectivity index (χ1) is 11.3. The predicted octanol–water partition coefficient (Wildman–Crippen LogP) is 4.00. The van der Waals surface area contributed by atoms with Crippen LogP contribution in [0.5, 0.6) is 5.75 Å². The maximum Gasteiger partial charge on any atom is 0.222 e. The molecule has 1 amide bonds. The van der Waals surface area contributed by atoms with Crippen LogP contribution < -0.4 is 4.74 Å². The standard InChI is InChI=1S/C19H23NO2S/c21-19(9-8-18-7-4-14-23-18)20-12-10-16(11-13-20)15-22-17-5-2-1-3-6-17/h1-7,14,16H,8-13,15H2. The Labute approximate surface area is 141 Å². The molecule has 1 aromatic carbocycles. The number of carbonyl (C=O) groups is 1. The van der Waals surface area contributed by atoms with Gasteiger partial charge in [0.1, 0.15) is 5.75 Å². The van der Waals surface area contributed by atoms with Gasteiger partial charge in [-0.3, -0.25) is 4.79 Å². The molecule has 1 aliphatic heterocycles. The molecule has 0 aliphatic carbocycles. The second-order valence-electron chi connectivity index (χ2n) is 6.03. The number of hydrogen-bond acceptors (Lipinski definition) is 3. The van der Waals surface area contributed by atoms with E-state index in [1.54, 1.807) is 11.3 Å². The van der Waals surface area contributed by atoms with Crippen molar-refractivity contribution in [3.63, 3.8) is 0 Å². The molecule has 0 unspecified atom stereocenters. The van der Waals surface area contributed by atoms with Crippen molar-refractivity contribution >= 4 is 17.2 Å². The highest BCUT2D eigenvalue weighted by molar-refractivity contribution is 7.09. The van der Waals surface area contributed by atoms with Crippen LogP contribution in [0.25, 0.3) is 0 Å². The Morgan fingerprint density at radius 1 is 1.13 bits per heavy atom. The summed E-state index contributed by atoms with van der Waals surface area (Å²) in [6.07, 6.45) is 3.58. The van der Waals surface area contributed by atoms with E-state index in [0.29, 0.717) is 18.2 Å². The molecule has 4 heteroatoms. The van der Waals surface area contributed by atoms with Crippen LogP contribution in [-0.4, -0.2) is 30.5 Å². The fraction of sp³-hybridized carbons (Fsp3) is 0.421. The summed E-state index contributed by atoms with van der Waals surface area (Å²) in [5.41, 5.74) is 0. The number of ether oxygens (including phenoxy) is 1. The smallest absolute Gasteiger partial charge is 0.222 e. The summed E-state index contributed by atoms with van der Waals surface area (Å²) >= 11 is 1.73. The molecule has 122 valence electrons. The molecule has 0 atom stereocenters. The van der Waals surface area contributed by atoms with Crippen molar-refractivity contribution in [1.29, 1.82) is 0 Å². The zero-order valence-electron chi connectivity index (χ0n) is 13.3. The minimum atomic E-state index is 0.292. The lowest BCUT2D eigenvalue weighted by Crippen LogP contribution is -2.39. The molecule has 2 heterocycles. The van der Waals surface area contributed by atoms with Crippen molar-refractivity contribution in [3.05, 3.63) is 52.7 Å². The van der Waals surface area contributed by atoms with Crippen molar-refractivity contribution in [3.8, 4) is 5.75 Å². The van der Waals surface area contributed by atoms with Crippen LogP contribution in [0.4, 0.5) is 0 Å². The molecule has 1 fully saturated rings. The van der Waals surface area contributed by atoms with E-state index in [-0.39, 0.29) is 0 Å². The number of carbonyl (C=O) groups excluding carboxylic acids is 1. The summed E-state index contributed by atoms with van der Waals surface area (Å²) in [6, 6.07) is 14.1. The average Bonchev–Trinajstić information content (AvgIpc) is 3.13. The number of hydrogen-bond donors (Lipinski definition) is 0. The highest BCUT2D eigenvalue weighted by Gasteiger charge is 2.23. The molecule has 1 aliphatic rings. The van der Waals surface area contributed by atoms with E-state index in [9.17, 15) is 4.79 Å². The highest BCUT2D eigenvalue weighted by Crippen LogP contribution is 2.20. The van der Waals surface area contributed by atoms with Gasteiger partial charge in [0, 0.05) is 24.4 Å². The second-order valence-corrected chi connectivity index (χ2v) is 7.06. The summed E-state index contributed by atoms with van der Waals surface area (Å²) in [7, 11) is 0. The third kappa shape index (κ3) is 4.83. The van der Waals surface area contributed by atoms with Gasteiger partial charge in [-0.1, -0.05) is 24.3 Å². The molecular weight excluding hydrogens is 306 g/mol. The Morgan fingerprint density at radius 3 is 2.61 bits per heavy atom. The van der Waals surface area contributed by atoms with Crippen LogP contribution in [0.3, 0.4) is 0 Å². The molecule has 0 radical (unpaired) electrons. The highest BCUT2D eigenvalue weighted by atomic mass is 32.1. The largest absolute Gasteiger partial charge is 0.493 e. The van der Waals surface area contributed by atoms with Gasteiger partial charge in [-0.15, -0.1) is 11.3 Å². The van der Waals surface area contributed by atoms with Crippen LogP contribution in [-0.2, 0) is 11.2 Å². The Bertz CT molecular complexity index is 589. The summed E-state index contributed by atoms with van der Waals surface area (Å²) in [6.45, 7) is 2.49. The fourth-order valence-corrected chi connectivity index (χ4v) is 3.63. The van der Waals surface area contributed by atoms with E-state index in [4.69, 9.17) is 4.74 Å². The van der Waals surface area contributed by atoms with E-state index in [1.807, 2.05) is 41.3 Å². The van der Waals surface area contributed by atoms with Crippen LogP contribution in [0, 0.1) is 5.92 Å². The molecule has 3 nitrogen and oxygen atoms in total. The van der Waals surface area contributed by atoms with E-state index < -0.39 is 0 Å². The summed E-state index contributed by atoms with van der Waals surface area (Å²) < 4.78 is 5.84. The summed E-state index contributed by atoms with van der Waals surface area (Å²) in [4.78, 5) is 15.6. The molecule has 23 heavy (non-hydrogen) atoms. The van der Waals surface area contributed by atoms with Crippen LogP contribution >= 0.6 is 11.3 Å². The van der Waals surface area contributed by atoms with Gasteiger partial charge < -0.3 is 9.64 Å². The first kappa shape index (κ1) is 16.1. The SMILES string of the molecule is O=C(CCc1cccs1)N1CCC(COc2ccccc2)CC1. The van der Waals surface area contributed by atoms with Crippen molar-refractivity contribution in [2.45, 2.75) is 25.7 Å². The molecule has 0 spiro atoms. The average molecular weight is 329 g/mol. The Morgan fingerprint density at radius 2 is 1.91 bits per heavy atom. The maximum absolute atomic E-state index is 12.3.